The molecule has 1 nitrogen and oxygen atoms in total. The first-order valence-electron chi connectivity index (χ1n) is 7.66. The number of hydrogen-bond donors (Lipinski definition) is 1. The van der Waals surface area contributed by atoms with Gasteiger partial charge in [-0.25, -0.2) is 0 Å². The summed E-state index contributed by atoms with van der Waals surface area (Å²) >= 11 is 4.34. The maximum atomic E-state index is 4.34. The summed E-state index contributed by atoms with van der Waals surface area (Å²) in [5.41, 5.74) is 0. The Balaban J connectivity index is 1.78. The highest BCUT2D eigenvalue weighted by atomic mass is 32.1. The summed E-state index contributed by atoms with van der Waals surface area (Å²) in [5.74, 6) is 2.95. The summed E-state index contributed by atoms with van der Waals surface area (Å²) in [4.78, 5) is 2.82. The number of thiol groups is 1. The van der Waals surface area contributed by atoms with Crippen molar-refractivity contribution in [2.24, 2.45) is 11.8 Å². The maximum Gasteiger partial charge on any atom is 0.0123 e. The van der Waals surface area contributed by atoms with Crippen molar-refractivity contribution in [2.75, 3.05) is 18.8 Å². The smallest absolute Gasteiger partial charge is 0.0123 e. The summed E-state index contributed by atoms with van der Waals surface area (Å²) in [6.07, 6.45) is 11.6. The van der Waals surface area contributed by atoms with E-state index in [9.17, 15) is 0 Å². The number of hydrogen-bond acceptors (Lipinski definition) is 2. The molecule has 1 unspecified atom stereocenters. The van der Waals surface area contributed by atoms with Gasteiger partial charge in [0.25, 0.3) is 0 Å². The van der Waals surface area contributed by atoms with Crippen molar-refractivity contribution in [1.82, 2.24) is 4.90 Å². The topological polar surface area (TPSA) is 3.24 Å². The van der Waals surface area contributed by atoms with Gasteiger partial charge in [0.15, 0.2) is 0 Å². The summed E-state index contributed by atoms with van der Waals surface area (Å²) in [6, 6.07) is 0.945. The lowest BCUT2D eigenvalue weighted by molar-refractivity contribution is 0.0568. The van der Waals surface area contributed by atoms with Crippen LogP contribution in [0.15, 0.2) is 0 Å². The minimum absolute atomic E-state index is 0.858. The number of likely N-dealkylation sites (tertiary alicyclic amines) is 1. The van der Waals surface area contributed by atoms with Gasteiger partial charge in [-0.3, -0.25) is 0 Å². The minimum Gasteiger partial charge on any atom is -0.300 e. The van der Waals surface area contributed by atoms with Crippen molar-refractivity contribution in [1.29, 1.82) is 0 Å². The van der Waals surface area contributed by atoms with E-state index in [1.807, 2.05) is 0 Å². The predicted molar refractivity (Wildman–Crippen MR) is 78.8 cm³/mol. The molecule has 1 saturated carbocycles. The van der Waals surface area contributed by atoms with Crippen molar-refractivity contribution < 1.29 is 0 Å². The molecular weight excluding hydrogens is 226 g/mol. The van der Waals surface area contributed by atoms with Crippen molar-refractivity contribution in [3.05, 3.63) is 0 Å². The third-order valence-electron chi connectivity index (χ3n) is 4.89. The second kappa shape index (κ2) is 7.04. The van der Waals surface area contributed by atoms with Gasteiger partial charge in [-0.05, 0) is 69.2 Å². The Morgan fingerprint density at radius 3 is 2.71 bits per heavy atom. The molecular formula is C15H29NS. The Morgan fingerprint density at radius 1 is 1.12 bits per heavy atom. The molecule has 3 atom stereocenters. The molecule has 0 bridgehead atoms. The first kappa shape index (κ1) is 13.7. The Bertz CT molecular complexity index is 217. The molecule has 1 aliphatic heterocycles. The fraction of sp³-hybridized carbons (Fsp3) is 1.00. The van der Waals surface area contributed by atoms with Crippen LogP contribution in [0.3, 0.4) is 0 Å². The Morgan fingerprint density at radius 2 is 1.88 bits per heavy atom. The predicted octanol–water partition coefficient (Wildman–Crippen LogP) is 3.99. The molecule has 17 heavy (non-hydrogen) atoms. The van der Waals surface area contributed by atoms with Crippen LogP contribution in [0, 0.1) is 11.8 Å². The zero-order valence-electron chi connectivity index (χ0n) is 11.4. The third-order valence-corrected chi connectivity index (χ3v) is 5.15. The highest BCUT2D eigenvalue weighted by molar-refractivity contribution is 7.80. The van der Waals surface area contributed by atoms with Gasteiger partial charge in [-0.2, -0.15) is 12.6 Å². The highest BCUT2D eigenvalue weighted by Gasteiger charge is 2.32. The molecule has 1 aliphatic carbocycles. The quantitative estimate of drug-likeness (QED) is 0.727. The summed E-state index contributed by atoms with van der Waals surface area (Å²) in [7, 11) is 0. The lowest BCUT2D eigenvalue weighted by atomic mass is 9.78. The van der Waals surface area contributed by atoms with E-state index in [-0.39, 0.29) is 0 Å². The van der Waals surface area contributed by atoms with E-state index in [0.29, 0.717) is 0 Å². The van der Waals surface area contributed by atoms with Crippen molar-refractivity contribution in [3.8, 4) is 0 Å². The van der Waals surface area contributed by atoms with Gasteiger partial charge in [0.05, 0.1) is 0 Å². The van der Waals surface area contributed by atoms with E-state index in [4.69, 9.17) is 0 Å². The molecule has 1 heterocycles. The Hall–Kier alpha value is 0.310. The van der Waals surface area contributed by atoms with E-state index in [0.717, 1.165) is 23.6 Å². The Kier molecular flexibility index (Phi) is 5.68. The normalized spacial score (nSPS) is 32.1. The molecule has 0 aromatic rings. The van der Waals surface area contributed by atoms with Crippen LogP contribution in [0.1, 0.15) is 58.3 Å². The summed E-state index contributed by atoms with van der Waals surface area (Å²) < 4.78 is 0. The minimum atomic E-state index is 0.858. The summed E-state index contributed by atoms with van der Waals surface area (Å²) in [6.45, 7) is 5.10. The van der Waals surface area contributed by atoms with Crippen LogP contribution < -0.4 is 0 Å². The largest absolute Gasteiger partial charge is 0.300 e. The number of piperidine rings is 1. The van der Waals surface area contributed by atoms with Crippen LogP contribution in [-0.2, 0) is 0 Å². The average molecular weight is 255 g/mol. The Labute approximate surface area is 113 Å². The standard InChI is InChI=1S/C15H29NS/c1-13(9-12-17)8-11-16-10-4-6-14-5-2-3-7-15(14)16/h13-15,17H,2-12H2,1H3/t13?,14-,15-/m1/s1. The van der Waals surface area contributed by atoms with Crippen molar-refractivity contribution >= 4 is 12.6 Å². The van der Waals surface area contributed by atoms with Gasteiger partial charge in [0.2, 0.25) is 0 Å². The van der Waals surface area contributed by atoms with Gasteiger partial charge in [0, 0.05) is 6.04 Å². The molecule has 0 aromatic heterocycles. The molecule has 0 spiro atoms. The number of nitrogens with zero attached hydrogens (tertiary/aromatic N) is 1. The number of fused-ring (bicyclic) bond motifs is 1. The van der Waals surface area contributed by atoms with Crippen LogP contribution in [-0.4, -0.2) is 29.8 Å². The molecule has 0 aromatic carbocycles. The molecule has 2 heteroatoms. The van der Waals surface area contributed by atoms with E-state index >= 15 is 0 Å². The maximum absolute atomic E-state index is 4.34. The molecule has 2 fully saturated rings. The van der Waals surface area contributed by atoms with E-state index in [1.165, 1.54) is 64.5 Å². The zero-order chi connectivity index (χ0) is 12.1. The molecule has 0 radical (unpaired) electrons. The van der Waals surface area contributed by atoms with Crippen molar-refractivity contribution in [3.63, 3.8) is 0 Å². The highest BCUT2D eigenvalue weighted by Crippen LogP contribution is 2.35. The summed E-state index contributed by atoms with van der Waals surface area (Å²) in [5, 5.41) is 0. The first-order valence-corrected chi connectivity index (χ1v) is 8.29. The molecule has 100 valence electrons. The van der Waals surface area contributed by atoms with Crippen LogP contribution in [0.2, 0.25) is 0 Å². The fourth-order valence-corrected chi connectivity index (χ4v) is 4.20. The molecule has 0 amide bonds. The molecule has 0 N–H and O–H groups in total. The van der Waals surface area contributed by atoms with Gasteiger partial charge >= 0.3 is 0 Å². The number of rotatable bonds is 5. The zero-order valence-corrected chi connectivity index (χ0v) is 12.3. The van der Waals surface area contributed by atoms with Gasteiger partial charge in [-0.15, -0.1) is 0 Å². The second-order valence-corrected chi connectivity index (χ2v) is 6.64. The van der Waals surface area contributed by atoms with Crippen LogP contribution >= 0.6 is 12.6 Å². The lowest BCUT2D eigenvalue weighted by Gasteiger charge is -2.44. The SMILES string of the molecule is CC(CCS)CCN1CCC[C@H]2CCCC[C@H]21. The first-order chi connectivity index (χ1) is 8.31. The van der Waals surface area contributed by atoms with Gasteiger partial charge in [0.1, 0.15) is 0 Å². The molecule has 2 aliphatic rings. The second-order valence-electron chi connectivity index (χ2n) is 6.20. The van der Waals surface area contributed by atoms with Crippen LogP contribution in [0.25, 0.3) is 0 Å². The van der Waals surface area contributed by atoms with Gasteiger partial charge in [-0.1, -0.05) is 19.8 Å². The molecule has 2 rings (SSSR count). The van der Waals surface area contributed by atoms with Crippen LogP contribution in [0.4, 0.5) is 0 Å². The van der Waals surface area contributed by atoms with Gasteiger partial charge < -0.3 is 4.90 Å². The molecule has 1 saturated heterocycles. The van der Waals surface area contributed by atoms with E-state index in [2.05, 4.69) is 24.5 Å². The van der Waals surface area contributed by atoms with Crippen molar-refractivity contribution in [2.45, 2.75) is 64.3 Å². The van der Waals surface area contributed by atoms with E-state index in [1.54, 1.807) is 0 Å². The van der Waals surface area contributed by atoms with Crippen LogP contribution in [0.5, 0.6) is 0 Å². The fourth-order valence-electron chi connectivity index (χ4n) is 3.76. The average Bonchev–Trinajstić information content (AvgIpc) is 2.36. The third kappa shape index (κ3) is 3.89. The lowest BCUT2D eigenvalue weighted by Crippen LogP contribution is -2.47. The van der Waals surface area contributed by atoms with E-state index < -0.39 is 0 Å². The monoisotopic (exact) mass is 255 g/mol.